The largest absolute Gasteiger partial charge is 0.490 e. The van der Waals surface area contributed by atoms with Crippen LogP contribution in [0.15, 0.2) is 42.5 Å². The lowest BCUT2D eigenvalue weighted by Gasteiger charge is -2.23. The van der Waals surface area contributed by atoms with E-state index in [2.05, 4.69) is 25.6 Å². The molecule has 2 aliphatic rings. The number of carbonyl (C=O) groups excluding carboxylic acids is 2. The number of hydrogen-bond donors (Lipinski definition) is 3. The van der Waals surface area contributed by atoms with Gasteiger partial charge in [0.05, 0.1) is 19.8 Å². The molecule has 0 spiro atoms. The zero-order valence-electron chi connectivity index (χ0n) is 19.4. The van der Waals surface area contributed by atoms with E-state index < -0.39 is 17.5 Å². The third-order valence-electron chi connectivity index (χ3n) is 5.99. The lowest BCUT2D eigenvalue weighted by atomic mass is 9.91. The van der Waals surface area contributed by atoms with Gasteiger partial charge in [-0.1, -0.05) is 24.3 Å². The first-order valence-electron chi connectivity index (χ1n) is 11.2. The molecular formula is C24H25N7O4. The molecule has 35 heavy (non-hydrogen) atoms. The van der Waals surface area contributed by atoms with Gasteiger partial charge < -0.3 is 25.8 Å². The number of nitrogen functional groups attached to an aromatic ring is 1. The minimum atomic E-state index is -1.29. The van der Waals surface area contributed by atoms with Gasteiger partial charge in [-0.3, -0.25) is 9.69 Å². The topological polar surface area (TPSA) is 145 Å². The number of para-hydroxylation sites is 1. The van der Waals surface area contributed by atoms with Crippen molar-refractivity contribution in [2.45, 2.75) is 32.4 Å². The van der Waals surface area contributed by atoms with E-state index in [1.165, 1.54) is 0 Å². The van der Waals surface area contributed by atoms with Crippen LogP contribution in [0.25, 0.3) is 0 Å². The number of urea groups is 1. The Labute approximate surface area is 201 Å². The lowest BCUT2D eigenvalue weighted by Crippen LogP contribution is -2.40. The molecule has 2 aliphatic heterocycles. The maximum atomic E-state index is 13.4. The van der Waals surface area contributed by atoms with Crippen molar-refractivity contribution in [3.8, 4) is 11.5 Å². The molecule has 2 aromatic carbocycles. The van der Waals surface area contributed by atoms with Crippen molar-refractivity contribution < 1.29 is 19.1 Å². The van der Waals surface area contributed by atoms with Gasteiger partial charge in [0.1, 0.15) is 5.54 Å². The van der Waals surface area contributed by atoms with Crippen molar-refractivity contribution in [1.29, 1.82) is 0 Å². The highest BCUT2D eigenvalue weighted by molar-refractivity contribution is 6.07. The minimum Gasteiger partial charge on any atom is -0.490 e. The number of anilines is 3. The molecule has 1 fully saturated rings. The number of carbonyl (C=O) groups is 2. The molecule has 0 saturated carbocycles. The second-order valence-corrected chi connectivity index (χ2v) is 8.53. The predicted molar refractivity (Wildman–Crippen MR) is 127 cm³/mol. The van der Waals surface area contributed by atoms with Crippen LogP contribution in [0.3, 0.4) is 0 Å². The number of nitrogens with zero attached hydrogens (tertiary/aromatic N) is 4. The van der Waals surface area contributed by atoms with E-state index in [1.54, 1.807) is 25.1 Å². The Morgan fingerprint density at radius 2 is 1.86 bits per heavy atom. The Balaban J connectivity index is 1.39. The van der Waals surface area contributed by atoms with Crippen molar-refractivity contribution in [3.63, 3.8) is 0 Å². The summed E-state index contributed by atoms with van der Waals surface area (Å²) in [7, 11) is 0. The number of fused-ring (bicyclic) bond motifs is 1. The monoisotopic (exact) mass is 475 g/mol. The number of nitrogens with two attached hydrogens (primary N) is 1. The molecule has 1 atom stereocenters. The minimum absolute atomic E-state index is 0.0243. The predicted octanol–water partition coefficient (Wildman–Crippen LogP) is 2.63. The van der Waals surface area contributed by atoms with Gasteiger partial charge in [0, 0.05) is 12.1 Å². The van der Waals surface area contributed by atoms with E-state index in [9.17, 15) is 9.59 Å². The molecule has 3 amide bonds. The normalized spacial score (nSPS) is 19.3. The maximum absolute atomic E-state index is 13.4. The number of nitrogens with one attached hydrogen (secondary N) is 2. The quantitative estimate of drug-likeness (QED) is 0.474. The molecule has 11 nitrogen and oxygen atoms in total. The number of aryl methyl sites for hydroxylation is 1. The highest BCUT2D eigenvalue weighted by Crippen LogP contribution is 2.37. The smallest absolute Gasteiger partial charge is 0.325 e. The number of rotatable bonds is 5. The number of benzene rings is 2. The Morgan fingerprint density at radius 1 is 1.09 bits per heavy atom. The first kappa shape index (κ1) is 22.4. The molecule has 0 aliphatic carbocycles. The van der Waals surface area contributed by atoms with Crippen molar-refractivity contribution in [2.24, 2.45) is 0 Å². The summed E-state index contributed by atoms with van der Waals surface area (Å²) in [5, 5.41) is 5.89. The third-order valence-corrected chi connectivity index (χ3v) is 5.99. The van der Waals surface area contributed by atoms with Gasteiger partial charge in [-0.2, -0.15) is 15.0 Å². The van der Waals surface area contributed by atoms with Gasteiger partial charge in [0.2, 0.25) is 11.9 Å². The zero-order valence-corrected chi connectivity index (χ0v) is 19.4. The van der Waals surface area contributed by atoms with E-state index in [4.69, 9.17) is 15.2 Å². The molecule has 4 N–H and O–H groups in total. The fourth-order valence-corrected chi connectivity index (χ4v) is 4.05. The van der Waals surface area contributed by atoms with Crippen LogP contribution in [0.4, 0.5) is 22.4 Å². The third kappa shape index (κ3) is 4.27. The first-order chi connectivity index (χ1) is 16.8. The Bertz CT molecular complexity index is 1310. The van der Waals surface area contributed by atoms with Crippen molar-refractivity contribution in [1.82, 2.24) is 25.2 Å². The molecule has 3 aromatic rings. The second kappa shape index (κ2) is 8.75. The van der Waals surface area contributed by atoms with Gasteiger partial charge in [-0.15, -0.1) is 0 Å². The van der Waals surface area contributed by atoms with Crippen LogP contribution in [0.5, 0.6) is 11.5 Å². The summed E-state index contributed by atoms with van der Waals surface area (Å²) >= 11 is 0. The summed E-state index contributed by atoms with van der Waals surface area (Å²) in [4.78, 5) is 40.0. The van der Waals surface area contributed by atoms with Crippen molar-refractivity contribution in [2.75, 3.05) is 24.3 Å². The second-order valence-electron chi connectivity index (χ2n) is 8.53. The van der Waals surface area contributed by atoms with Crippen LogP contribution in [0.1, 0.15) is 30.3 Å². The summed E-state index contributed by atoms with van der Waals surface area (Å²) in [6.07, 6.45) is 0.764. The highest BCUT2D eigenvalue weighted by atomic mass is 16.5. The number of hydrogen-bond acceptors (Lipinski definition) is 9. The van der Waals surface area contributed by atoms with Gasteiger partial charge in [0.15, 0.2) is 17.3 Å². The average Bonchev–Trinajstić information content (AvgIpc) is 2.99. The van der Waals surface area contributed by atoms with Crippen LogP contribution < -0.4 is 25.8 Å². The van der Waals surface area contributed by atoms with Crippen LogP contribution in [-0.4, -0.2) is 45.0 Å². The van der Waals surface area contributed by atoms with Crippen LogP contribution in [0.2, 0.25) is 0 Å². The van der Waals surface area contributed by atoms with E-state index >= 15 is 0 Å². The van der Waals surface area contributed by atoms with Crippen LogP contribution in [-0.2, 0) is 16.9 Å². The van der Waals surface area contributed by atoms with Gasteiger partial charge in [0.25, 0.3) is 5.91 Å². The van der Waals surface area contributed by atoms with E-state index in [1.807, 2.05) is 31.2 Å². The fourth-order valence-electron chi connectivity index (χ4n) is 4.05. The summed E-state index contributed by atoms with van der Waals surface area (Å²) in [5.74, 6) is 1.09. The Hall–Kier alpha value is -4.41. The molecule has 3 heterocycles. The van der Waals surface area contributed by atoms with Crippen LogP contribution >= 0.6 is 0 Å². The Kier molecular flexibility index (Phi) is 5.59. The average molecular weight is 476 g/mol. The van der Waals surface area contributed by atoms with Crippen molar-refractivity contribution >= 4 is 29.5 Å². The lowest BCUT2D eigenvalue weighted by molar-refractivity contribution is -0.131. The molecule has 1 aromatic heterocycles. The summed E-state index contributed by atoms with van der Waals surface area (Å²) < 4.78 is 11.4. The van der Waals surface area contributed by atoms with E-state index in [-0.39, 0.29) is 24.3 Å². The first-order valence-corrected chi connectivity index (χ1v) is 11.2. The summed E-state index contributed by atoms with van der Waals surface area (Å²) in [5.41, 5.74) is 6.98. The molecule has 0 radical (unpaired) electrons. The number of ether oxygens (including phenoxy) is 2. The number of amides is 3. The fraction of sp³-hybridized carbons (Fsp3) is 0.292. The molecule has 180 valence electrons. The molecule has 0 bridgehead atoms. The van der Waals surface area contributed by atoms with Crippen molar-refractivity contribution in [3.05, 3.63) is 59.4 Å². The molecular weight excluding hydrogens is 450 g/mol. The molecule has 5 rings (SSSR count). The zero-order chi connectivity index (χ0) is 24.6. The standard InChI is InChI=1S/C24H25N7O4/c1-14-6-3-4-7-16(14)26-22-28-19(27-21(25)29-22)13-31-20(32)24(2,30-23(31)33)15-8-9-17-18(12-15)35-11-5-10-34-17/h3-4,6-9,12H,5,10-11,13H2,1-2H3,(H,30,33)(H3,25,26,27,28,29). The van der Waals surface area contributed by atoms with Gasteiger partial charge >= 0.3 is 6.03 Å². The SMILES string of the molecule is Cc1ccccc1Nc1nc(N)nc(CN2C(=O)NC(C)(c3ccc4c(c3)OCCCO4)C2=O)n1. The molecule has 11 heteroatoms. The van der Waals surface area contributed by atoms with E-state index in [0.717, 1.165) is 22.6 Å². The van der Waals surface area contributed by atoms with Crippen LogP contribution in [0, 0.1) is 6.92 Å². The number of imide groups is 1. The molecule has 1 unspecified atom stereocenters. The molecule has 1 saturated heterocycles. The summed E-state index contributed by atoms with van der Waals surface area (Å²) in [6.45, 7) is 4.50. The van der Waals surface area contributed by atoms with E-state index in [0.29, 0.717) is 30.3 Å². The maximum Gasteiger partial charge on any atom is 0.325 e. The van der Waals surface area contributed by atoms with Gasteiger partial charge in [-0.05, 0) is 43.2 Å². The Morgan fingerprint density at radius 3 is 2.66 bits per heavy atom. The highest BCUT2D eigenvalue weighted by Gasteiger charge is 2.49. The van der Waals surface area contributed by atoms with Gasteiger partial charge in [-0.25, -0.2) is 4.79 Å². The summed E-state index contributed by atoms with van der Waals surface area (Å²) in [6, 6.07) is 12.3. The number of aromatic nitrogens is 3.